The molecule has 0 bridgehead atoms. The molecule has 5 heteroatoms. The van der Waals surface area contributed by atoms with Crippen molar-refractivity contribution in [3.63, 3.8) is 0 Å². The molecule has 1 N–H and O–H groups in total. The maximum atomic E-state index is 13.0. The molecular formula is C23H28N2O2S. The molecule has 1 saturated heterocycles. The van der Waals surface area contributed by atoms with Gasteiger partial charge in [0.25, 0.3) is 0 Å². The van der Waals surface area contributed by atoms with Gasteiger partial charge in [-0.2, -0.15) is 0 Å². The molecule has 0 radical (unpaired) electrons. The topological polar surface area (TPSA) is 49.4 Å². The maximum Gasteiger partial charge on any atom is 0.228 e. The highest BCUT2D eigenvalue weighted by Crippen LogP contribution is 2.42. The number of carbonyl (C=O) groups excluding carboxylic acids is 2. The minimum Gasteiger partial charge on any atom is -0.359 e. The number of carbonyl (C=O) groups is 2. The molecule has 0 spiro atoms. The van der Waals surface area contributed by atoms with Crippen molar-refractivity contribution < 1.29 is 9.59 Å². The van der Waals surface area contributed by atoms with E-state index in [1.165, 1.54) is 10.4 Å². The van der Waals surface area contributed by atoms with Crippen molar-refractivity contribution >= 4 is 23.2 Å². The van der Waals surface area contributed by atoms with Gasteiger partial charge in [0.05, 0.1) is 5.41 Å². The minimum absolute atomic E-state index is 0.0513. The monoisotopic (exact) mass is 396 g/mol. The molecule has 1 aromatic carbocycles. The van der Waals surface area contributed by atoms with Gasteiger partial charge in [0, 0.05) is 30.9 Å². The van der Waals surface area contributed by atoms with Gasteiger partial charge >= 0.3 is 0 Å². The van der Waals surface area contributed by atoms with Gasteiger partial charge in [-0.1, -0.05) is 37.3 Å². The fourth-order valence-corrected chi connectivity index (χ4v) is 5.29. The predicted octanol–water partition coefficient (Wildman–Crippen LogP) is 3.97. The van der Waals surface area contributed by atoms with Crippen molar-refractivity contribution in [2.75, 3.05) is 20.1 Å². The second-order valence-corrected chi connectivity index (χ2v) is 9.34. The smallest absolute Gasteiger partial charge is 0.228 e. The number of benzene rings is 1. The van der Waals surface area contributed by atoms with Crippen molar-refractivity contribution in [3.05, 3.63) is 47.3 Å². The summed E-state index contributed by atoms with van der Waals surface area (Å²) in [5.41, 5.74) is 1.80. The summed E-state index contributed by atoms with van der Waals surface area (Å²) in [6.45, 7) is 3.43. The van der Waals surface area contributed by atoms with E-state index in [0.717, 1.165) is 31.4 Å². The first-order chi connectivity index (χ1) is 13.5. The Bertz CT molecular complexity index is 863. The van der Waals surface area contributed by atoms with Crippen LogP contribution in [0.5, 0.6) is 0 Å². The van der Waals surface area contributed by atoms with E-state index in [9.17, 15) is 9.59 Å². The van der Waals surface area contributed by atoms with Gasteiger partial charge in [-0.3, -0.25) is 9.59 Å². The molecule has 28 heavy (non-hydrogen) atoms. The standard InChI is InChI=1S/C23H28N2O2S/c1-16-12-19(16)21(26)25-10-5-9-23(15-25,22(27)24-2)14-17-6-3-7-18(13-17)20-8-4-11-28-20/h3-4,6-8,11,13,16,19H,5,9-10,12,14-15H2,1-2H3,(H,24,27)/t16-,19+,23-/m0/s1. The lowest BCUT2D eigenvalue weighted by atomic mass is 9.74. The average Bonchev–Trinajstić information content (AvgIpc) is 3.20. The first-order valence-corrected chi connectivity index (χ1v) is 11.0. The molecule has 148 valence electrons. The molecule has 1 aliphatic heterocycles. The molecule has 2 fully saturated rings. The van der Waals surface area contributed by atoms with Crippen molar-refractivity contribution in [2.24, 2.45) is 17.3 Å². The molecule has 2 aliphatic rings. The van der Waals surface area contributed by atoms with Crippen LogP contribution in [0.2, 0.25) is 0 Å². The zero-order valence-corrected chi connectivity index (χ0v) is 17.4. The largest absolute Gasteiger partial charge is 0.359 e. The molecule has 1 saturated carbocycles. The van der Waals surface area contributed by atoms with Crippen LogP contribution in [0.25, 0.3) is 10.4 Å². The fourth-order valence-electron chi connectivity index (χ4n) is 4.56. The second-order valence-electron chi connectivity index (χ2n) is 8.40. The van der Waals surface area contributed by atoms with Crippen LogP contribution in [0.1, 0.15) is 31.7 Å². The Kier molecular flexibility index (Phi) is 5.28. The lowest BCUT2D eigenvalue weighted by Crippen LogP contribution is -2.54. The Morgan fingerprint density at radius 2 is 2.11 bits per heavy atom. The van der Waals surface area contributed by atoms with Crippen LogP contribution in [0.4, 0.5) is 0 Å². The fraction of sp³-hybridized carbons (Fsp3) is 0.478. The van der Waals surface area contributed by atoms with Crippen LogP contribution in [0.15, 0.2) is 41.8 Å². The molecule has 1 aliphatic carbocycles. The molecule has 2 amide bonds. The highest BCUT2D eigenvalue weighted by atomic mass is 32.1. The Balaban J connectivity index is 1.58. The van der Waals surface area contributed by atoms with E-state index in [0.29, 0.717) is 18.9 Å². The minimum atomic E-state index is -0.547. The summed E-state index contributed by atoms with van der Waals surface area (Å²) >= 11 is 1.72. The Morgan fingerprint density at radius 3 is 2.79 bits per heavy atom. The van der Waals surface area contributed by atoms with E-state index in [-0.39, 0.29) is 17.7 Å². The zero-order chi connectivity index (χ0) is 19.7. The number of rotatable bonds is 5. The summed E-state index contributed by atoms with van der Waals surface area (Å²) in [6, 6.07) is 12.7. The van der Waals surface area contributed by atoms with E-state index in [2.05, 4.69) is 54.0 Å². The van der Waals surface area contributed by atoms with Crippen molar-refractivity contribution in [2.45, 2.75) is 32.6 Å². The normalized spacial score (nSPS) is 26.7. The maximum absolute atomic E-state index is 13.0. The number of amides is 2. The lowest BCUT2D eigenvalue weighted by molar-refractivity contribution is -0.142. The van der Waals surface area contributed by atoms with Crippen LogP contribution >= 0.6 is 11.3 Å². The van der Waals surface area contributed by atoms with Crippen molar-refractivity contribution in [3.8, 4) is 10.4 Å². The Morgan fingerprint density at radius 1 is 1.29 bits per heavy atom. The summed E-state index contributed by atoms with van der Waals surface area (Å²) in [4.78, 5) is 29.0. The number of nitrogens with one attached hydrogen (secondary N) is 1. The number of likely N-dealkylation sites (tertiary alicyclic amines) is 1. The molecule has 1 aromatic heterocycles. The summed E-state index contributed by atoms with van der Waals surface area (Å²) in [5.74, 6) is 0.956. The second kappa shape index (κ2) is 7.70. The quantitative estimate of drug-likeness (QED) is 0.831. The highest BCUT2D eigenvalue weighted by Gasteiger charge is 2.47. The van der Waals surface area contributed by atoms with Crippen LogP contribution < -0.4 is 5.32 Å². The van der Waals surface area contributed by atoms with E-state index < -0.39 is 5.41 Å². The van der Waals surface area contributed by atoms with Gasteiger partial charge < -0.3 is 10.2 Å². The van der Waals surface area contributed by atoms with Crippen LogP contribution in [0.3, 0.4) is 0 Å². The SMILES string of the molecule is CNC(=O)[C@]1(Cc2cccc(-c3cccs3)c2)CCCN(C(=O)[C@@H]2C[C@@H]2C)C1. The van der Waals surface area contributed by atoms with E-state index in [1.54, 1.807) is 18.4 Å². The first kappa shape index (κ1) is 19.2. The molecule has 4 rings (SSSR count). The third kappa shape index (κ3) is 3.72. The molecule has 4 nitrogen and oxygen atoms in total. The lowest BCUT2D eigenvalue weighted by Gasteiger charge is -2.42. The molecule has 0 unspecified atom stereocenters. The molecule has 3 atom stereocenters. The zero-order valence-electron chi connectivity index (χ0n) is 16.6. The van der Waals surface area contributed by atoms with Gasteiger partial charge in [0.2, 0.25) is 11.8 Å². The molecule has 2 aromatic rings. The highest BCUT2D eigenvalue weighted by molar-refractivity contribution is 7.13. The summed E-state index contributed by atoms with van der Waals surface area (Å²) < 4.78 is 0. The average molecular weight is 397 g/mol. The summed E-state index contributed by atoms with van der Waals surface area (Å²) in [5, 5.41) is 4.96. The number of thiophene rings is 1. The van der Waals surface area contributed by atoms with Gasteiger partial charge in [-0.25, -0.2) is 0 Å². The van der Waals surface area contributed by atoms with Gasteiger partial charge in [-0.05, 0) is 54.2 Å². The number of nitrogens with zero attached hydrogens (tertiary/aromatic N) is 1. The number of piperidine rings is 1. The van der Waals surface area contributed by atoms with Crippen molar-refractivity contribution in [1.29, 1.82) is 0 Å². The van der Waals surface area contributed by atoms with E-state index in [4.69, 9.17) is 0 Å². The Hall–Kier alpha value is -2.14. The third-order valence-electron chi connectivity index (χ3n) is 6.30. The number of hydrogen-bond acceptors (Lipinski definition) is 3. The van der Waals surface area contributed by atoms with Crippen LogP contribution in [0, 0.1) is 17.3 Å². The van der Waals surface area contributed by atoms with E-state index in [1.807, 2.05) is 4.90 Å². The van der Waals surface area contributed by atoms with Gasteiger partial charge in [0.15, 0.2) is 0 Å². The predicted molar refractivity (Wildman–Crippen MR) is 113 cm³/mol. The van der Waals surface area contributed by atoms with Crippen molar-refractivity contribution in [1.82, 2.24) is 10.2 Å². The molecule has 2 heterocycles. The van der Waals surface area contributed by atoms with Gasteiger partial charge in [0.1, 0.15) is 0 Å². The summed E-state index contributed by atoms with van der Waals surface area (Å²) in [6.07, 6.45) is 3.35. The summed E-state index contributed by atoms with van der Waals surface area (Å²) in [7, 11) is 1.70. The Labute approximate surface area is 170 Å². The van der Waals surface area contributed by atoms with Crippen LogP contribution in [-0.4, -0.2) is 36.9 Å². The molecular weight excluding hydrogens is 368 g/mol. The first-order valence-electron chi connectivity index (χ1n) is 10.2. The van der Waals surface area contributed by atoms with Gasteiger partial charge in [-0.15, -0.1) is 11.3 Å². The van der Waals surface area contributed by atoms with E-state index >= 15 is 0 Å². The number of hydrogen-bond donors (Lipinski definition) is 1. The third-order valence-corrected chi connectivity index (χ3v) is 7.22. The van der Waals surface area contributed by atoms with Crippen LogP contribution in [-0.2, 0) is 16.0 Å².